The fourth-order valence-corrected chi connectivity index (χ4v) is 3.54. The number of sulfonamides is 1. The number of hydrogen-bond acceptors (Lipinski definition) is 3. The van der Waals surface area contributed by atoms with Gasteiger partial charge < -0.3 is 10.6 Å². The molecule has 0 fully saturated rings. The van der Waals surface area contributed by atoms with Gasteiger partial charge in [0, 0.05) is 26.2 Å². The third kappa shape index (κ3) is 4.59. The van der Waals surface area contributed by atoms with Crippen LogP contribution in [0.3, 0.4) is 0 Å². The second-order valence-corrected chi connectivity index (χ2v) is 8.09. The second kappa shape index (κ2) is 8.29. The van der Waals surface area contributed by atoms with Crippen molar-refractivity contribution in [2.75, 3.05) is 14.1 Å². The van der Waals surface area contributed by atoms with E-state index in [2.05, 4.69) is 10.6 Å². The van der Waals surface area contributed by atoms with Gasteiger partial charge in [-0.2, -0.15) is 0 Å². The van der Waals surface area contributed by atoms with Crippen LogP contribution in [-0.4, -0.2) is 32.8 Å². The van der Waals surface area contributed by atoms with Crippen molar-refractivity contribution < 1.29 is 17.6 Å². The Labute approximate surface area is 153 Å². The highest BCUT2D eigenvalue weighted by Gasteiger charge is 2.21. The molecule has 0 saturated heterocycles. The average molecular weight is 379 g/mol. The molecule has 0 aliphatic rings. The van der Waals surface area contributed by atoms with E-state index in [0.717, 1.165) is 4.31 Å². The number of nitrogens with one attached hydrogen (secondary N) is 2. The van der Waals surface area contributed by atoms with Crippen LogP contribution in [0.2, 0.25) is 0 Å². The number of urea groups is 1. The van der Waals surface area contributed by atoms with E-state index in [1.54, 1.807) is 43.3 Å². The van der Waals surface area contributed by atoms with Crippen molar-refractivity contribution >= 4 is 16.1 Å². The molecule has 0 radical (unpaired) electrons. The summed E-state index contributed by atoms with van der Waals surface area (Å²) in [5.74, 6) is -0.400. The molecule has 0 bridgehead atoms. The standard InChI is InChI=1S/C18H22FN3O3S/c1-13(15-9-5-6-10-16(15)19)21-18(23)20-12-14-8-4-7-11-17(14)26(24,25)22(2)3/h4-11,13H,12H2,1-3H3,(H2,20,21,23)/t13-/m0/s1. The lowest BCUT2D eigenvalue weighted by molar-refractivity contribution is 0.237. The van der Waals surface area contributed by atoms with Gasteiger partial charge >= 0.3 is 6.03 Å². The van der Waals surface area contributed by atoms with Gasteiger partial charge in [-0.15, -0.1) is 0 Å². The minimum absolute atomic E-state index is 0.0269. The zero-order chi connectivity index (χ0) is 19.3. The van der Waals surface area contributed by atoms with Gasteiger partial charge in [-0.3, -0.25) is 0 Å². The van der Waals surface area contributed by atoms with E-state index >= 15 is 0 Å². The predicted octanol–water partition coefficient (Wildman–Crippen LogP) is 2.64. The number of nitrogens with zero attached hydrogens (tertiary/aromatic N) is 1. The molecule has 0 aromatic heterocycles. The maximum absolute atomic E-state index is 13.8. The Morgan fingerprint density at radius 3 is 2.38 bits per heavy atom. The number of rotatable bonds is 6. The summed E-state index contributed by atoms with van der Waals surface area (Å²) in [6.45, 7) is 1.70. The lowest BCUT2D eigenvalue weighted by Gasteiger charge is -2.17. The highest BCUT2D eigenvalue weighted by molar-refractivity contribution is 7.89. The summed E-state index contributed by atoms with van der Waals surface area (Å²) in [4.78, 5) is 12.2. The van der Waals surface area contributed by atoms with Gasteiger partial charge in [-0.05, 0) is 24.6 Å². The zero-order valence-corrected chi connectivity index (χ0v) is 15.7. The smallest absolute Gasteiger partial charge is 0.315 e. The Morgan fingerprint density at radius 1 is 1.12 bits per heavy atom. The fraction of sp³-hybridized carbons (Fsp3) is 0.278. The average Bonchev–Trinajstić information content (AvgIpc) is 2.60. The van der Waals surface area contributed by atoms with Crippen molar-refractivity contribution in [3.8, 4) is 0 Å². The van der Waals surface area contributed by atoms with Crippen molar-refractivity contribution in [3.63, 3.8) is 0 Å². The zero-order valence-electron chi connectivity index (χ0n) is 14.9. The number of hydrogen-bond donors (Lipinski definition) is 2. The molecule has 2 aromatic rings. The number of halogens is 1. The molecule has 6 nitrogen and oxygen atoms in total. The summed E-state index contributed by atoms with van der Waals surface area (Å²) in [5, 5.41) is 5.25. The molecular formula is C18H22FN3O3S. The van der Waals surface area contributed by atoms with Crippen LogP contribution in [0.15, 0.2) is 53.4 Å². The maximum atomic E-state index is 13.8. The van der Waals surface area contributed by atoms with Crippen LogP contribution >= 0.6 is 0 Å². The summed E-state index contributed by atoms with van der Waals surface area (Å²) in [6.07, 6.45) is 0. The summed E-state index contributed by atoms with van der Waals surface area (Å²) >= 11 is 0. The van der Waals surface area contributed by atoms with Crippen LogP contribution in [0.25, 0.3) is 0 Å². The Balaban J connectivity index is 2.06. The van der Waals surface area contributed by atoms with Crippen LogP contribution in [0.5, 0.6) is 0 Å². The highest BCUT2D eigenvalue weighted by atomic mass is 32.2. The molecule has 26 heavy (non-hydrogen) atoms. The summed E-state index contributed by atoms with van der Waals surface area (Å²) in [6, 6.07) is 11.6. The van der Waals surface area contributed by atoms with Gasteiger partial charge in [0.2, 0.25) is 10.0 Å². The molecule has 2 N–H and O–H groups in total. The monoisotopic (exact) mass is 379 g/mol. The third-order valence-corrected chi connectivity index (χ3v) is 5.81. The van der Waals surface area contributed by atoms with Crippen LogP contribution in [0.1, 0.15) is 24.1 Å². The summed E-state index contributed by atoms with van der Waals surface area (Å²) in [7, 11) is -0.722. The van der Waals surface area contributed by atoms with Gasteiger partial charge in [0.15, 0.2) is 0 Å². The Hall–Kier alpha value is -2.45. The molecule has 1 atom stereocenters. The first-order chi connectivity index (χ1) is 12.2. The van der Waals surface area contributed by atoms with E-state index in [1.165, 1.54) is 26.2 Å². The van der Waals surface area contributed by atoms with Gasteiger partial charge in [0.05, 0.1) is 10.9 Å². The normalized spacial score (nSPS) is 12.7. The van der Waals surface area contributed by atoms with Gasteiger partial charge in [-0.25, -0.2) is 21.9 Å². The van der Waals surface area contributed by atoms with Crippen molar-refractivity contribution in [2.24, 2.45) is 0 Å². The number of benzene rings is 2. The Kier molecular flexibility index (Phi) is 6.33. The molecule has 140 valence electrons. The third-order valence-electron chi connectivity index (χ3n) is 3.89. The quantitative estimate of drug-likeness (QED) is 0.810. The number of carbonyl (C=O) groups is 1. The van der Waals surface area contributed by atoms with Crippen LogP contribution in [0.4, 0.5) is 9.18 Å². The lowest BCUT2D eigenvalue weighted by atomic mass is 10.1. The molecule has 2 rings (SSSR count). The number of carbonyl (C=O) groups excluding carboxylic acids is 1. The number of amides is 2. The molecule has 8 heteroatoms. The summed E-state index contributed by atoms with van der Waals surface area (Å²) in [5.41, 5.74) is 0.841. The topological polar surface area (TPSA) is 78.5 Å². The van der Waals surface area contributed by atoms with Crippen LogP contribution in [-0.2, 0) is 16.6 Å². The predicted molar refractivity (Wildman–Crippen MR) is 97.5 cm³/mol. The summed E-state index contributed by atoms with van der Waals surface area (Å²) < 4.78 is 39.6. The van der Waals surface area contributed by atoms with Crippen molar-refractivity contribution in [1.82, 2.24) is 14.9 Å². The minimum Gasteiger partial charge on any atom is -0.334 e. The first kappa shape index (κ1) is 19.9. The van der Waals surface area contributed by atoms with E-state index in [9.17, 15) is 17.6 Å². The van der Waals surface area contributed by atoms with Crippen molar-refractivity contribution in [2.45, 2.75) is 24.4 Å². The molecule has 0 aliphatic carbocycles. The van der Waals surface area contributed by atoms with E-state index < -0.39 is 27.9 Å². The van der Waals surface area contributed by atoms with Crippen molar-refractivity contribution in [3.05, 3.63) is 65.5 Å². The molecule has 0 aliphatic heterocycles. The van der Waals surface area contributed by atoms with Crippen LogP contribution in [0, 0.1) is 5.82 Å². The van der Waals surface area contributed by atoms with E-state index in [1.807, 2.05) is 0 Å². The molecular weight excluding hydrogens is 357 g/mol. The SMILES string of the molecule is C[C@H](NC(=O)NCc1ccccc1S(=O)(=O)N(C)C)c1ccccc1F. The molecule has 0 unspecified atom stereocenters. The van der Waals surface area contributed by atoms with E-state index in [0.29, 0.717) is 11.1 Å². The largest absolute Gasteiger partial charge is 0.334 e. The second-order valence-electron chi connectivity index (χ2n) is 5.97. The Bertz CT molecular complexity index is 885. The maximum Gasteiger partial charge on any atom is 0.315 e. The van der Waals surface area contributed by atoms with E-state index in [-0.39, 0.29) is 11.4 Å². The van der Waals surface area contributed by atoms with E-state index in [4.69, 9.17) is 0 Å². The minimum atomic E-state index is -3.62. The van der Waals surface area contributed by atoms with Crippen molar-refractivity contribution in [1.29, 1.82) is 0 Å². The molecule has 2 aromatic carbocycles. The Morgan fingerprint density at radius 2 is 1.73 bits per heavy atom. The molecule has 0 heterocycles. The molecule has 0 spiro atoms. The highest BCUT2D eigenvalue weighted by Crippen LogP contribution is 2.19. The lowest BCUT2D eigenvalue weighted by Crippen LogP contribution is -2.37. The molecule has 2 amide bonds. The van der Waals surface area contributed by atoms with Gasteiger partial charge in [-0.1, -0.05) is 36.4 Å². The first-order valence-corrected chi connectivity index (χ1v) is 9.46. The van der Waals surface area contributed by atoms with Gasteiger partial charge in [0.25, 0.3) is 0 Å². The molecule has 0 saturated carbocycles. The first-order valence-electron chi connectivity index (χ1n) is 8.02. The fourth-order valence-electron chi connectivity index (χ4n) is 2.43. The van der Waals surface area contributed by atoms with Crippen LogP contribution < -0.4 is 10.6 Å². The van der Waals surface area contributed by atoms with Gasteiger partial charge in [0.1, 0.15) is 5.82 Å².